The summed E-state index contributed by atoms with van der Waals surface area (Å²) in [6.45, 7) is 5.80. The molecule has 0 aliphatic rings. The van der Waals surface area contributed by atoms with Gasteiger partial charge in [0, 0.05) is 25.2 Å². The first kappa shape index (κ1) is 16.2. The first-order valence-corrected chi connectivity index (χ1v) is 7.81. The molecule has 2 rings (SSSR count). The maximum atomic E-state index is 12.1. The van der Waals surface area contributed by atoms with E-state index in [-0.39, 0.29) is 6.03 Å². The average Bonchev–Trinajstić information content (AvgIpc) is 2.86. The molecule has 0 aliphatic carbocycles. The van der Waals surface area contributed by atoms with Gasteiger partial charge in [-0.15, -0.1) is 11.3 Å². The van der Waals surface area contributed by atoms with Gasteiger partial charge in [0.25, 0.3) is 0 Å². The smallest absolute Gasteiger partial charge is 0.320 e. The molecule has 22 heavy (non-hydrogen) atoms. The van der Waals surface area contributed by atoms with Gasteiger partial charge in [-0.1, -0.05) is 0 Å². The van der Waals surface area contributed by atoms with E-state index in [1.54, 1.807) is 6.20 Å². The van der Waals surface area contributed by atoms with Crippen molar-refractivity contribution in [1.82, 2.24) is 15.3 Å². The Morgan fingerprint density at radius 1 is 1.32 bits per heavy atom. The average molecular weight is 319 g/mol. The van der Waals surface area contributed by atoms with E-state index >= 15 is 0 Å². The summed E-state index contributed by atoms with van der Waals surface area (Å²) in [6, 6.07) is 3.39. The van der Waals surface area contributed by atoms with Gasteiger partial charge in [-0.05, 0) is 32.9 Å². The molecule has 2 aromatic rings. The first-order chi connectivity index (χ1) is 10.3. The zero-order chi connectivity index (χ0) is 16.3. The van der Waals surface area contributed by atoms with Crippen LogP contribution in [0.3, 0.4) is 0 Å². The topological polar surface area (TPSA) is 70.2 Å². The van der Waals surface area contributed by atoms with Gasteiger partial charge in [-0.2, -0.15) is 0 Å². The van der Waals surface area contributed by atoms with E-state index in [1.165, 1.54) is 11.3 Å². The van der Waals surface area contributed by atoms with Gasteiger partial charge in [0.1, 0.15) is 10.8 Å². The maximum Gasteiger partial charge on any atom is 0.320 e. The molecule has 0 spiro atoms. The predicted molar refractivity (Wildman–Crippen MR) is 90.6 cm³/mol. The largest absolute Gasteiger partial charge is 0.363 e. The number of nitrogens with zero attached hydrogens (tertiary/aromatic N) is 3. The highest BCUT2D eigenvalue weighted by Gasteiger charge is 2.26. The van der Waals surface area contributed by atoms with Crippen molar-refractivity contribution in [3.8, 4) is 0 Å². The van der Waals surface area contributed by atoms with Gasteiger partial charge in [-0.3, -0.25) is 0 Å². The van der Waals surface area contributed by atoms with Crippen LogP contribution in [-0.2, 0) is 5.54 Å². The molecule has 0 radical (unpaired) electrons. The number of nitrogens with one attached hydrogen (secondary N) is 2. The van der Waals surface area contributed by atoms with Gasteiger partial charge in [0.15, 0.2) is 0 Å². The molecule has 0 aliphatic heterocycles. The van der Waals surface area contributed by atoms with Crippen molar-refractivity contribution >= 4 is 28.9 Å². The highest BCUT2D eigenvalue weighted by atomic mass is 32.1. The summed E-state index contributed by atoms with van der Waals surface area (Å²) >= 11 is 1.54. The van der Waals surface area contributed by atoms with Crippen molar-refractivity contribution in [3.63, 3.8) is 0 Å². The van der Waals surface area contributed by atoms with Crippen LogP contribution < -0.4 is 15.5 Å². The summed E-state index contributed by atoms with van der Waals surface area (Å²) in [5.41, 5.74) is 1.08. The molecule has 2 aromatic heterocycles. The van der Waals surface area contributed by atoms with Crippen LogP contribution in [0.25, 0.3) is 0 Å². The number of anilines is 2. The fourth-order valence-electron chi connectivity index (χ4n) is 1.87. The van der Waals surface area contributed by atoms with Gasteiger partial charge in [0.05, 0.1) is 17.4 Å². The van der Waals surface area contributed by atoms with Gasteiger partial charge in [-0.25, -0.2) is 14.8 Å². The minimum Gasteiger partial charge on any atom is -0.363 e. The summed E-state index contributed by atoms with van der Waals surface area (Å²) in [4.78, 5) is 22.7. The fraction of sp³-hybridized carbons (Fsp3) is 0.400. The number of amides is 2. The van der Waals surface area contributed by atoms with E-state index < -0.39 is 5.54 Å². The third kappa shape index (κ3) is 3.94. The van der Waals surface area contributed by atoms with Crippen molar-refractivity contribution in [1.29, 1.82) is 0 Å². The predicted octanol–water partition coefficient (Wildman–Crippen LogP) is 2.97. The van der Waals surface area contributed by atoms with Crippen LogP contribution in [0.4, 0.5) is 16.3 Å². The number of aryl methyl sites for hydroxylation is 1. The lowest BCUT2D eigenvalue weighted by molar-refractivity contribution is 0.241. The SMILES string of the molecule is Cc1csc(C(C)(C)NC(=O)Nc2ccc(N(C)C)nc2)n1. The first-order valence-electron chi connectivity index (χ1n) is 6.93. The molecular weight excluding hydrogens is 298 g/mol. The summed E-state index contributed by atoms with van der Waals surface area (Å²) < 4.78 is 0. The lowest BCUT2D eigenvalue weighted by Crippen LogP contribution is -2.43. The highest BCUT2D eigenvalue weighted by molar-refractivity contribution is 7.09. The van der Waals surface area contributed by atoms with Crippen molar-refractivity contribution < 1.29 is 4.79 Å². The number of aromatic nitrogens is 2. The Balaban J connectivity index is 2.00. The number of carbonyl (C=O) groups excluding carboxylic acids is 1. The molecule has 0 unspecified atom stereocenters. The normalized spacial score (nSPS) is 11.1. The fourth-order valence-corrected chi connectivity index (χ4v) is 2.74. The Labute approximate surface area is 134 Å². The van der Waals surface area contributed by atoms with E-state index in [4.69, 9.17) is 0 Å². The Morgan fingerprint density at radius 3 is 2.55 bits per heavy atom. The molecule has 0 saturated carbocycles. The third-order valence-electron chi connectivity index (χ3n) is 3.04. The Morgan fingerprint density at radius 2 is 2.05 bits per heavy atom. The van der Waals surface area contributed by atoms with Crippen molar-refractivity contribution in [2.45, 2.75) is 26.3 Å². The Bertz CT molecular complexity index is 648. The summed E-state index contributed by atoms with van der Waals surface area (Å²) in [6.07, 6.45) is 1.63. The monoisotopic (exact) mass is 319 g/mol. The summed E-state index contributed by atoms with van der Waals surface area (Å²) in [5.74, 6) is 0.838. The molecule has 6 nitrogen and oxygen atoms in total. The second kappa shape index (κ2) is 6.31. The van der Waals surface area contributed by atoms with Gasteiger partial charge < -0.3 is 15.5 Å². The standard InChI is InChI=1S/C15H21N5OS/c1-10-9-22-13(17-10)15(2,3)19-14(21)18-11-6-7-12(16-8-11)20(4)5/h6-9H,1-5H3,(H2,18,19,21). The lowest BCUT2D eigenvalue weighted by Gasteiger charge is -2.24. The molecule has 118 valence electrons. The van der Waals surface area contributed by atoms with Crippen LogP contribution >= 0.6 is 11.3 Å². The molecule has 2 heterocycles. The van der Waals surface area contributed by atoms with Crippen LogP contribution in [0.1, 0.15) is 24.5 Å². The van der Waals surface area contributed by atoms with Gasteiger partial charge >= 0.3 is 6.03 Å². The molecule has 0 bridgehead atoms. The molecule has 2 N–H and O–H groups in total. The van der Waals surface area contributed by atoms with E-state index in [2.05, 4.69) is 20.6 Å². The number of hydrogen-bond donors (Lipinski definition) is 2. The van der Waals surface area contributed by atoms with Crippen LogP contribution in [0.5, 0.6) is 0 Å². The van der Waals surface area contributed by atoms with E-state index in [0.717, 1.165) is 16.5 Å². The minimum absolute atomic E-state index is 0.280. The summed E-state index contributed by atoms with van der Waals surface area (Å²) in [7, 11) is 3.83. The Kier molecular flexibility index (Phi) is 4.65. The van der Waals surface area contributed by atoms with E-state index in [1.807, 2.05) is 57.3 Å². The molecule has 0 atom stereocenters. The summed E-state index contributed by atoms with van der Waals surface area (Å²) in [5, 5.41) is 8.57. The molecule has 7 heteroatoms. The molecule has 0 saturated heterocycles. The zero-order valence-electron chi connectivity index (χ0n) is 13.5. The number of carbonyl (C=O) groups is 1. The third-order valence-corrected chi connectivity index (χ3v) is 4.33. The van der Waals surface area contributed by atoms with Crippen molar-refractivity contribution in [2.75, 3.05) is 24.3 Å². The number of pyridine rings is 1. The number of urea groups is 1. The highest BCUT2D eigenvalue weighted by Crippen LogP contribution is 2.23. The number of thiazole rings is 1. The van der Waals surface area contributed by atoms with Crippen LogP contribution in [0.2, 0.25) is 0 Å². The number of hydrogen-bond acceptors (Lipinski definition) is 5. The van der Waals surface area contributed by atoms with Crippen LogP contribution in [0.15, 0.2) is 23.7 Å². The molecule has 2 amide bonds. The molecule has 0 fully saturated rings. The molecular formula is C15H21N5OS. The second-order valence-electron chi connectivity index (χ2n) is 5.80. The van der Waals surface area contributed by atoms with E-state index in [0.29, 0.717) is 5.69 Å². The lowest BCUT2D eigenvalue weighted by atomic mass is 10.1. The zero-order valence-corrected chi connectivity index (χ0v) is 14.3. The second-order valence-corrected chi connectivity index (χ2v) is 6.66. The Hall–Kier alpha value is -2.15. The van der Waals surface area contributed by atoms with Crippen molar-refractivity contribution in [2.24, 2.45) is 0 Å². The molecule has 0 aromatic carbocycles. The number of rotatable bonds is 4. The van der Waals surface area contributed by atoms with Crippen LogP contribution in [-0.4, -0.2) is 30.1 Å². The maximum absolute atomic E-state index is 12.1. The van der Waals surface area contributed by atoms with Gasteiger partial charge in [0.2, 0.25) is 0 Å². The quantitative estimate of drug-likeness (QED) is 0.909. The van der Waals surface area contributed by atoms with E-state index in [9.17, 15) is 4.79 Å². The van der Waals surface area contributed by atoms with Crippen molar-refractivity contribution in [3.05, 3.63) is 34.4 Å². The van der Waals surface area contributed by atoms with Crippen LogP contribution in [0, 0.1) is 6.92 Å². The minimum atomic E-state index is -0.528.